The molecule has 2 nitrogen and oxygen atoms in total. The molecule has 0 spiro atoms. The first-order valence-electron chi connectivity index (χ1n) is 13.0. The second-order valence-corrected chi connectivity index (χ2v) is 9.99. The summed E-state index contributed by atoms with van der Waals surface area (Å²) in [5.41, 5.74) is 9.53. The molecule has 0 atom stereocenters. The van der Waals surface area contributed by atoms with Crippen molar-refractivity contribution in [2.24, 2.45) is 0 Å². The SMILES string of the molecule is Clc1ccc2c(c1)oc1ccc(N(c3cccc(-c4ccccc4)c3)c3ccccc3-c3ccccc3)cc12. The first kappa shape index (κ1) is 23.3. The summed E-state index contributed by atoms with van der Waals surface area (Å²) in [5, 5.41) is 2.77. The largest absolute Gasteiger partial charge is 0.456 e. The third-order valence-corrected chi connectivity index (χ3v) is 7.35. The number of para-hydroxylation sites is 1. The minimum Gasteiger partial charge on any atom is -0.456 e. The number of hydrogen-bond acceptors (Lipinski definition) is 2. The molecule has 0 aliphatic carbocycles. The summed E-state index contributed by atoms with van der Waals surface area (Å²) in [5.74, 6) is 0. The van der Waals surface area contributed by atoms with Crippen LogP contribution in [-0.4, -0.2) is 0 Å². The van der Waals surface area contributed by atoms with Gasteiger partial charge in [-0.25, -0.2) is 0 Å². The molecule has 0 fully saturated rings. The van der Waals surface area contributed by atoms with Gasteiger partial charge in [0.1, 0.15) is 11.2 Å². The predicted molar refractivity (Wildman–Crippen MR) is 164 cm³/mol. The van der Waals surface area contributed by atoms with E-state index in [2.05, 4.69) is 126 Å². The molecule has 7 rings (SSSR count). The third-order valence-electron chi connectivity index (χ3n) is 7.12. The molecule has 0 aliphatic heterocycles. The lowest BCUT2D eigenvalue weighted by atomic mass is 10.0. The maximum absolute atomic E-state index is 6.26. The van der Waals surface area contributed by atoms with Crippen molar-refractivity contribution in [3.8, 4) is 22.3 Å². The van der Waals surface area contributed by atoms with Crippen molar-refractivity contribution >= 4 is 50.6 Å². The normalized spacial score (nSPS) is 11.2. The second kappa shape index (κ2) is 9.83. The van der Waals surface area contributed by atoms with E-state index in [4.69, 9.17) is 16.0 Å². The number of anilines is 3. The van der Waals surface area contributed by atoms with Crippen LogP contribution in [0.15, 0.2) is 150 Å². The average molecular weight is 522 g/mol. The lowest BCUT2D eigenvalue weighted by Gasteiger charge is -2.28. The molecule has 0 aliphatic rings. The van der Waals surface area contributed by atoms with Crippen LogP contribution in [-0.2, 0) is 0 Å². The van der Waals surface area contributed by atoms with Crippen LogP contribution in [0.3, 0.4) is 0 Å². The standard InChI is InChI=1S/C36H24ClNO/c37-28-18-20-32-33-24-30(19-21-35(33)39-36(32)23-28)38(29-15-9-14-27(22-29)25-10-3-1-4-11-25)34-17-8-7-16-31(34)26-12-5-2-6-13-26/h1-24H. The van der Waals surface area contributed by atoms with Gasteiger partial charge in [0.05, 0.1) is 5.69 Å². The van der Waals surface area contributed by atoms with Crippen molar-refractivity contribution in [1.29, 1.82) is 0 Å². The molecule has 3 heteroatoms. The van der Waals surface area contributed by atoms with Crippen LogP contribution in [0.4, 0.5) is 17.1 Å². The number of halogens is 1. The Morgan fingerprint density at radius 2 is 1.15 bits per heavy atom. The molecule has 1 heterocycles. The average Bonchev–Trinajstić information content (AvgIpc) is 3.35. The Hall–Kier alpha value is -4.79. The van der Waals surface area contributed by atoms with Crippen LogP contribution in [0.5, 0.6) is 0 Å². The van der Waals surface area contributed by atoms with Crippen molar-refractivity contribution in [2.45, 2.75) is 0 Å². The number of hydrogen-bond donors (Lipinski definition) is 0. The molecule has 0 amide bonds. The van der Waals surface area contributed by atoms with Gasteiger partial charge in [-0.15, -0.1) is 0 Å². The van der Waals surface area contributed by atoms with Crippen molar-refractivity contribution in [3.05, 3.63) is 151 Å². The van der Waals surface area contributed by atoms with E-state index in [1.54, 1.807) is 0 Å². The third kappa shape index (κ3) is 4.35. The molecule has 0 N–H and O–H groups in total. The molecule has 6 aromatic carbocycles. The first-order chi connectivity index (χ1) is 19.2. The highest BCUT2D eigenvalue weighted by Crippen LogP contribution is 2.43. The number of nitrogens with zero attached hydrogens (tertiary/aromatic N) is 1. The van der Waals surface area contributed by atoms with E-state index >= 15 is 0 Å². The lowest BCUT2D eigenvalue weighted by Crippen LogP contribution is -2.11. The van der Waals surface area contributed by atoms with Gasteiger partial charge in [-0.05, 0) is 65.2 Å². The molecule has 0 unspecified atom stereocenters. The summed E-state index contributed by atoms with van der Waals surface area (Å²) in [6.07, 6.45) is 0. The molecular formula is C36H24ClNO. The molecule has 39 heavy (non-hydrogen) atoms. The Balaban J connectivity index is 1.47. The van der Waals surface area contributed by atoms with E-state index in [-0.39, 0.29) is 0 Å². The summed E-state index contributed by atoms with van der Waals surface area (Å²) in [6.45, 7) is 0. The van der Waals surface area contributed by atoms with E-state index in [0.717, 1.165) is 44.6 Å². The van der Waals surface area contributed by atoms with Crippen LogP contribution >= 0.6 is 11.6 Å². The van der Waals surface area contributed by atoms with Gasteiger partial charge in [0, 0.05) is 38.8 Å². The molecule has 0 bridgehead atoms. The van der Waals surface area contributed by atoms with E-state index in [1.165, 1.54) is 16.7 Å². The molecule has 0 radical (unpaired) electrons. The van der Waals surface area contributed by atoms with Crippen LogP contribution in [0, 0.1) is 0 Å². The number of fused-ring (bicyclic) bond motifs is 3. The van der Waals surface area contributed by atoms with E-state index in [9.17, 15) is 0 Å². The van der Waals surface area contributed by atoms with Crippen molar-refractivity contribution in [2.75, 3.05) is 4.90 Å². The molecule has 186 valence electrons. The topological polar surface area (TPSA) is 16.4 Å². The Labute approximate surface area is 232 Å². The van der Waals surface area contributed by atoms with Crippen LogP contribution < -0.4 is 4.90 Å². The van der Waals surface area contributed by atoms with Crippen molar-refractivity contribution in [3.63, 3.8) is 0 Å². The Bertz CT molecular complexity index is 1930. The fourth-order valence-corrected chi connectivity index (χ4v) is 5.45. The molecule has 0 saturated carbocycles. The maximum atomic E-state index is 6.26. The molecule has 0 saturated heterocycles. The van der Waals surface area contributed by atoms with Gasteiger partial charge >= 0.3 is 0 Å². The quantitative estimate of drug-likeness (QED) is 0.224. The maximum Gasteiger partial charge on any atom is 0.136 e. The molecule has 1 aromatic heterocycles. The monoisotopic (exact) mass is 521 g/mol. The van der Waals surface area contributed by atoms with Crippen molar-refractivity contribution < 1.29 is 4.42 Å². The Morgan fingerprint density at radius 3 is 1.97 bits per heavy atom. The Kier molecular flexibility index (Phi) is 5.88. The summed E-state index contributed by atoms with van der Waals surface area (Å²) < 4.78 is 6.15. The van der Waals surface area contributed by atoms with E-state index in [1.807, 2.05) is 24.3 Å². The summed E-state index contributed by atoms with van der Waals surface area (Å²) in [6, 6.07) is 50.6. The summed E-state index contributed by atoms with van der Waals surface area (Å²) >= 11 is 6.26. The smallest absolute Gasteiger partial charge is 0.136 e. The highest BCUT2D eigenvalue weighted by Gasteiger charge is 2.19. The summed E-state index contributed by atoms with van der Waals surface area (Å²) in [7, 11) is 0. The zero-order chi connectivity index (χ0) is 26.2. The van der Waals surface area contributed by atoms with Gasteiger partial charge in [0.2, 0.25) is 0 Å². The van der Waals surface area contributed by atoms with Crippen LogP contribution in [0.25, 0.3) is 44.2 Å². The summed E-state index contributed by atoms with van der Waals surface area (Å²) in [4.78, 5) is 2.34. The van der Waals surface area contributed by atoms with Crippen LogP contribution in [0.1, 0.15) is 0 Å². The molecule has 7 aromatic rings. The van der Waals surface area contributed by atoms with Gasteiger partial charge in [0.15, 0.2) is 0 Å². The Morgan fingerprint density at radius 1 is 0.462 bits per heavy atom. The lowest BCUT2D eigenvalue weighted by molar-refractivity contribution is 0.669. The number of furan rings is 1. The highest BCUT2D eigenvalue weighted by atomic mass is 35.5. The van der Waals surface area contributed by atoms with Crippen LogP contribution in [0.2, 0.25) is 5.02 Å². The van der Waals surface area contributed by atoms with Gasteiger partial charge in [0.25, 0.3) is 0 Å². The highest BCUT2D eigenvalue weighted by molar-refractivity contribution is 6.31. The van der Waals surface area contributed by atoms with Gasteiger partial charge < -0.3 is 9.32 Å². The number of benzene rings is 6. The second-order valence-electron chi connectivity index (χ2n) is 9.56. The fourth-order valence-electron chi connectivity index (χ4n) is 5.29. The van der Waals surface area contributed by atoms with Gasteiger partial charge in [-0.2, -0.15) is 0 Å². The zero-order valence-corrected chi connectivity index (χ0v) is 21.8. The van der Waals surface area contributed by atoms with Crippen molar-refractivity contribution in [1.82, 2.24) is 0 Å². The van der Waals surface area contributed by atoms with Gasteiger partial charge in [-0.1, -0.05) is 103 Å². The van der Waals surface area contributed by atoms with Gasteiger partial charge in [-0.3, -0.25) is 0 Å². The van der Waals surface area contributed by atoms with E-state index < -0.39 is 0 Å². The zero-order valence-electron chi connectivity index (χ0n) is 21.1. The fraction of sp³-hybridized carbons (Fsp3) is 0. The first-order valence-corrected chi connectivity index (χ1v) is 13.3. The minimum absolute atomic E-state index is 0.665. The minimum atomic E-state index is 0.665. The number of rotatable bonds is 5. The van der Waals surface area contributed by atoms with E-state index in [0.29, 0.717) is 5.02 Å². The predicted octanol–water partition coefficient (Wildman–Crippen LogP) is 11.0. The molecular weight excluding hydrogens is 498 g/mol.